The second-order valence-corrected chi connectivity index (χ2v) is 4.48. The number of rotatable bonds is 1. The molecule has 1 aromatic rings. The SMILES string of the molecule is N#Cc1cc(F)c(S(=O)(=O)F)cc1Br. The molecular weight excluding hydrogens is 280 g/mol. The Labute approximate surface area is 87.3 Å². The van der Waals surface area contributed by atoms with Gasteiger partial charge >= 0.3 is 10.2 Å². The Bertz CT molecular complexity index is 521. The number of halogens is 3. The summed E-state index contributed by atoms with van der Waals surface area (Å²) in [4.78, 5) is -1.08. The Balaban J connectivity index is 3.54. The number of nitriles is 1. The van der Waals surface area contributed by atoms with Crippen LogP contribution in [0.15, 0.2) is 21.5 Å². The Morgan fingerprint density at radius 1 is 1.43 bits per heavy atom. The van der Waals surface area contributed by atoms with Crippen LogP contribution in [-0.2, 0) is 10.2 Å². The fraction of sp³-hybridized carbons (Fsp3) is 0. The third kappa shape index (κ3) is 2.08. The molecule has 0 amide bonds. The standard InChI is InChI=1S/C7H2BrF2NO2S/c8-5-2-7(14(10,12)13)6(9)1-4(5)3-11/h1-2H. The number of hydrogen-bond acceptors (Lipinski definition) is 3. The van der Waals surface area contributed by atoms with Gasteiger partial charge in [-0.15, -0.1) is 3.89 Å². The van der Waals surface area contributed by atoms with Gasteiger partial charge in [-0.25, -0.2) is 4.39 Å². The molecule has 74 valence electrons. The Kier molecular flexibility index (Phi) is 2.87. The van der Waals surface area contributed by atoms with E-state index in [1.165, 1.54) is 0 Å². The highest BCUT2D eigenvalue weighted by molar-refractivity contribution is 9.10. The molecule has 0 bridgehead atoms. The molecule has 0 aromatic heterocycles. The molecule has 0 saturated heterocycles. The van der Waals surface area contributed by atoms with Gasteiger partial charge in [0, 0.05) is 4.47 Å². The van der Waals surface area contributed by atoms with Gasteiger partial charge in [0.25, 0.3) is 0 Å². The average Bonchev–Trinajstić information content (AvgIpc) is 2.06. The van der Waals surface area contributed by atoms with Crippen LogP contribution in [0.3, 0.4) is 0 Å². The second kappa shape index (κ2) is 3.63. The highest BCUT2D eigenvalue weighted by Crippen LogP contribution is 2.25. The van der Waals surface area contributed by atoms with Crippen molar-refractivity contribution >= 4 is 26.2 Å². The van der Waals surface area contributed by atoms with Crippen LogP contribution in [0.2, 0.25) is 0 Å². The van der Waals surface area contributed by atoms with E-state index in [1.54, 1.807) is 6.07 Å². The predicted molar refractivity (Wildman–Crippen MR) is 47.1 cm³/mol. The summed E-state index contributed by atoms with van der Waals surface area (Å²) >= 11 is 2.81. The molecule has 0 N–H and O–H groups in total. The van der Waals surface area contributed by atoms with Gasteiger partial charge in [-0.05, 0) is 28.1 Å². The van der Waals surface area contributed by atoms with E-state index in [-0.39, 0.29) is 10.0 Å². The summed E-state index contributed by atoms with van der Waals surface area (Å²) in [5, 5.41) is 8.45. The van der Waals surface area contributed by atoms with Gasteiger partial charge in [0.15, 0.2) is 0 Å². The Morgan fingerprint density at radius 2 is 2.00 bits per heavy atom. The molecule has 0 aliphatic rings. The van der Waals surface area contributed by atoms with Crippen LogP contribution in [0.4, 0.5) is 8.28 Å². The van der Waals surface area contributed by atoms with E-state index in [0.29, 0.717) is 12.1 Å². The maximum absolute atomic E-state index is 12.9. The molecule has 0 saturated carbocycles. The molecule has 1 aromatic carbocycles. The molecule has 0 heterocycles. The molecule has 0 aliphatic carbocycles. The molecule has 0 spiro atoms. The lowest BCUT2D eigenvalue weighted by molar-refractivity contribution is 0.533. The van der Waals surface area contributed by atoms with Gasteiger partial charge in [-0.3, -0.25) is 0 Å². The molecule has 3 nitrogen and oxygen atoms in total. The minimum atomic E-state index is -5.10. The van der Waals surface area contributed by atoms with E-state index in [2.05, 4.69) is 15.9 Å². The fourth-order valence-corrected chi connectivity index (χ4v) is 1.94. The fourth-order valence-electron chi connectivity index (χ4n) is 0.801. The Hall–Kier alpha value is -1.00. The van der Waals surface area contributed by atoms with Crippen LogP contribution >= 0.6 is 15.9 Å². The smallest absolute Gasteiger partial charge is 0.205 e. The van der Waals surface area contributed by atoms with Gasteiger partial charge in [0.05, 0.1) is 5.56 Å². The zero-order valence-electron chi connectivity index (χ0n) is 6.46. The molecule has 0 aliphatic heterocycles. The van der Waals surface area contributed by atoms with Crippen LogP contribution in [-0.4, -0.2) is 8.42 Å². The summed E-state index contributed by atoms with van der Waals surface area (Å²) in [7, 11) is -5.10. The zero-order chi connectivity index (χ0) is 10.9. The third-order valence-corrected chi connectivity index (χ3v) is 2.90. The van der Waals surface area contributed by atoms with Crippen molar-refractivity contribution in [1.29, 1.82) is 5.26 Å². The maximum atomic E-state index is 12.9. The summed E-state index contributed by atoms with van der Waals surface area (Å²) in [6.07, 6.45) is 0. The lowest BCUT2D eigenvalue weighted by atomic mass is 10.2. The predicted octanol–water partition coefficient (Wildman–Crippen LogP) is 2.12. The van der Waals surface area contributed by atoms with Crippen molar-refractivity contribution in [1.82, 2.24) is 0 Å². The molecule has 0 atom stereocenters. The van der Waals surface area contributed by atoms with Gasteiger partial charge < -0.3 is 0 Å². The first kappa shape index (κ1) is 11.1. The molecule has 0 radical (unpaired) electrons. The van der Waals surface area contributed by atoms with Gasteiger partial charge in [0.2, 0.25) is 0 Å². The second-order valence-electron chi connectivity index (χ2n) is 2.31. The van der Waals surface area contributed by atoms with Gasteiger partial charge in [-0.2, -0.15) is 13.7 Å². The van der Waals surface area contributed by atoms with Crippen molar-refractivity contribution in [2.75, 3.05) is 0 Å². The number of nitrogens with zero attached hydrogens (tertiary/aromatic N) is 1. The molecular formula is C7H2BrF2NO2S. The van der Waals surface area contributed by atoms with E-state index in [9.17, 15) is 16.7 Å². The average molecular weight is 282 g/mol. The molecule has 0 unspecified atom stereocenters. The highest BCUT2D eigenvalue weighted by atomic mass is 79.9. The maximum Gasteiger partial charge on any atom is 0.335 e. The summed E-state index contributed by atoms with van der Waals surface area (Å²) in [5.41, 5.74) is -0.102. The van der Waals surface area contributed by atoms with Crippen LogP contribution in [0.25, 0.3) is 0 Å². The van der Waals surface area contributed by atoms with Crippen molar-refractivity contribution in [3.8, 4) is 6.07 Å². The summed E-state index contributed by atoms with van der Waals surface area (Å²) in [5.74, 6) is -1.28. The highest BCUT2D eigenvalue weighted by Gasteiger charge is 2.19. The van der Waals surface area contributed by atoms with Gasteiger partial charge in [-0.1, -0.05) is 0 Å². The quantitative estimate of drug-likeness (QED) is 0.741. The lowest BCUT2D eigenvalue weighted by Gasteiger charge is -2.00. The number of hydrogen-bond donors (Lipinski definition) is 0. The normalized spacial score (nSPS) is 11.0. The van der Waals surface area contributed by atoms with Crippen LogP contribution in [0.1, 0.15) is 5.56 Å². The van der Waals surface area contributed by atoms with Crippen LogP contribution in [0.5, 0.6) is 0 Å². The van der Waals surface area contributed by atoms with E-state index >= 15 is 0 Å². The molecule has 14 heavy (non-hydrogen) atoms. The summed E-state index contributed by atoms with van der Waals surface area (Å²) in [6, 6.07) is 2.97. The van der Waals surface area contributed by atoms with E-state index in [1.807, 2.05) is 0 Å². The third-order valence-electron chi connectivity index (χ3n) is 1.40. The minimum Gasteiger partial charge on any atom is -0.205 e. The van der Waals surface area contributed by atoms with Crippen molar-refractivity contribution in [3.63, 3.8) is 0 Å². The van der Waals surface area contributed by atoms with Crippen molar-refractivity contribution < 1.29 is 16.7 Å². The lowest BCUT2D eigenvalue weighted by Crippen LogP contribution is -1.97. The Morgan fingerprint density at radius 3 is 2.43 bits per heavy atom. The topological polar surface area (TPSA) is 57.9 Å². The largest absolute Gasteiger partial charge is 0.335 e. The van der Waals surface area contributed by atoms with E-state index < -0.39 is 20.9 Å². The minimum absolute atomic E-state index is 0.0256. The van der Waals surface area contributed by atoms with Gasteiger partial charge in [0.1, 0.15) is 16.8 Å². The summed E-state index contributed by atoms with van der Waals surface area (Å²) < 4.78 is 46.2. The molecule has 1 rings (SSSR count). The number of benzene rings is 1. The van der Waals surface area contributed by atoms with E-state index in [4.69, 9.17) is 5.26 Å². The zero-order valence-corrected chi connectivity index (χ0v) is 8.86. The first-order valence-electron chi connectivity index (χ1n) is 3.20. The van der Waals surface area contributed by atoms with Crippen LogP contribution in [0, 0.1) is 17.1 Å². The molecule has 0 fully saturated rings. The first-order chi connectivity index (χ1) is 6.36. The summed E-state index contributed by atoms with van der Waals surface area (Å²) in [6.45, 7) is 0. The first-order valence-corrected chi connectivity index (χ1v) is 5.37. The van der Waals surface area contributed by atoms with Crippen molar-refractivity contribution in [3.05, 3.63) is 28.0 Å². The van der Waals surface area contributed by atoms with Crippen LogP contribution < -0.4 is 0 Å². The van der Waals surface area contributed by atoms with Crippen molar-refractivity contribution in [2.45, 2.75) is 4.90 Å². The van der Waals surface area contributed by atoms with E-state index in [0.717, 1.165) is 0 Å². The monoisotopic (exact) mass is 281 g/mol. The van der Waals surface area contributed by atoms with Crippen molar-refractivity contribution in [2.24, 2.45) is 0 Å². The molecule has 7 heteroatoms.